The maximum atomic E-state index is 6.60. The lowest BCUT2D eigenvalue weighted by Gasteiger charge is -2.43. The van der Waals surface area contributed by atoms with Crippen LogP contribution in [0.2, 0.25) is 0 Å². The van der Waals surface area contributed by atoms with Crippen LogP contribution in [-0.4, -0.2) is 11.4 Å². The maximum Gasteiger partial charge on any atom is 0.333 e. The first-order chi connectivity index (χ1) is 29.5. The van der Waals surface area contributed by atoms with Crippen LogP contribution in [-0.2, 0) is 10.8 Å². The Morgan fingerprint density at radius 1 is 0.590 bits per heavy atom. The first-order valence-corrected chi connectivity index (χ1v) is 22.4. The molecule has 0 fully saturated rings. The van der Waals surface area contributed by atoms with E-state index in [1.54, 1.807) is 0 Å². The van der Waals surface area contributed by atoms with Crippen molar-refractivity contribution < 1.29 is 4.42 Å². The van der Waals surface area contributed by atoms with Gasteiger partial charge in [0.1, 0.15) is 11.2 Å². The number of aryl methyl sites for hydroxylation is 1. The van der Waals surface area contributed by atoms with Gasteiger partial charge in [0.05, 0.1) is 11.0 Å². The van der Waals surface area contributed by atoms with E-state index in [1.807, 2.05) is 11.3 Å². The van der Waals surface area contributed by atoms with Gasteiger partial charge in [0, 0.05) is 69.8 Å². The fourth-order valence-electron chi connectivity index (χ4n) is 11.7. The summed E-state index contributed by atoms with van der Waals surface area (Å²) in [6.07, 6.45) is 0. The van der Waals surface area contributed by atoms with E-state index in [0.29, 0.717) is 0 Å². The zero-order valence-electron chi connectivity index (χ0n) is 35.1. The molecule has 5 heteroatoms. The van der Waals surface area contributed by atoms with Gasteiger partial charge in [0.25, 0.3) is 0 Å². The molecule has 0 spiro atoms. The van der Waals surface area contributed by atoms with Crippen molar-refractivity contribution in [3.8, 4) is 27.9 Å². The van der Waals surface area contributed by atoms with Crippen molar-refractivity contribution in [1.29, 1.82) is 0 Å². The van der Waals surface area contributed by atoms with Gasteiger partial charge in [-0.2, -0.15) is 0 Å². The number of para-hydroxylation sites is 1. The molecule has 0 bridgehead atoms. The maximum absolute atomic E-state index is 6.60. The number of furan rings is 1. The molecule has 0 saturated carbocycles. The quantitative estimate of drug-likeness (QED) is 0.154. The van der Waals surface area contributed by atoms with Crippen molar-refractivity contribution in [2.75, 3.05) is 4.81 Å². The molecule has 1 aliphatic carbocycles. The number of aromatic nitrogens is 1. The van der Waals surface area contributed by atoms with E-state index < -0.39 is 0 Å². The fourth-order valence-corrected chi connectivity index (χ4v) is 12.8. The van der Waals surface area contributed by atoms with E-state index in [1.165, 1.54) is 114 Å². The highest BCUT2D eigenvalue weighted by Crippen LogP contribution is 2.55. The fraction of sp³-hybridized carbons (Fsp3) is 0.143. The van der Waals surface area contributed by atoms with Crippen molar-refractivity contribution >= 4 is 104 Å². The van der Waals surface area contributed by atoms with Crippen LogP contribution in [0.3, 0.4) is 0 Å². The molecule has 2 aliphatic heterocycles. The van der Waals surface area contributed by atoms with Crippen LogP contribution in [0.25, 0.3) is 91.9 Å². The molecule has 0 amide bonds. The lowest BCUT2D eigenvalue weighted by atomic mass is 9.43. The molecule has 11 aromatic rings. The third kappa shape index (κ3) is 4.25. The number of anilines is 2. The van der Waals surface area contributed by atoms with Gasteiger partial charge in [-0.25, -0.2) is 0 Å². The van der Waals surface area contributed by atoms with E-state index in [4.69, 9.17) is 4.42 Å². The summed E-state index contributed by atoms with van der Waals surface area (Å²) in [6, 6.07) is 53.4. The van der Waals surface area contributed by atoms with Crippen molar-refractivity contribution in [1.82, 2.24) is 4.57 Å². The average molecular weight is 801 g/mol. The van der Waals surface area contributed by atoms with Crippen molar-refractivity contribution in [2.45, 2.75) is 52.4 Å². The van der Waals surface area contributed by atoms with Gasteiger partial charge in [-0.3, -0.25) is 0 Å². The zero-order valence-corrected chi connectivity index (χ0v) is 35.9. The summed E-state index contributed by atoms with van der Waals surface area (Å²) in [7, 11) is 0. The molecule has 3 nitrogen and oxygen atoms in total. The highest BCUT2D eigenvalue weighted by atomic mass is 32.1. The van der Waals surface area contributed by atoms with Gasteiger partial charge in [0.2, 0.25) is 0 Å². The number of nitrogens with zero attached hydrogens (tertiary/aromatic N) is 2. The first-order valence-electron chi connectivity index (χ1n) is 21.6. The van der Waals surface area contributed by atoms with Crippen LogP contribution >= 0.6 is 11.3 Å². The number of hydrogen-bond donors (Lipinski definition) is 0. The smallest absolute Gasteiger partial charge is 0.333 e. The van der Waals surface area contributed by atoms with Crippen molar-refractivity contribution in [3.63, 3.8) is 0 Å². The van der Waals surface area contributed by atoms with Crippen LogP contribution < -0.4 is 15.7 Å². The highest BCUT2D eigenvalue weighted by molar-refractivity contribution is 7.26. The molecule has 14 rings (SSSR count). The molecule has 3 aromatic heterocycles. The Kier molecular flexibility index (Phi) is 6.29. The standard InChI is InChI=1S/C56H41BN2OS/c1-30-23-40-37-24-36-33-13-7-10-16-42(33)56(5,6)43(36)28-46(37)59(32-21-19-31(20-22-32)55(2,3)4)57-44-25-39-35-15-9-12-18-50(35)61-51(39)29-47(44)58-45-26-38-34-14-8-11-17-48(34)60-49(38)27-41(45)52(30)54(58)53(40)57/h7-29H,1-6H3. The molecule has 0 radical (unpaired) electrons. The molecule has 5 heterocycles. The lowest BCUT2D eigenvalue weighted by molar-refractivity contribution is 0.590. The second kappa shape index (κ2) is 11.2. The molecule has 0 saturated heterocycles. The molecule has 8 aromatic carbocycles. The monoisotopic (exact) mass is 800 g/mol. The molecule has 0 N–H and O–H groups in total. The van der Waals surface area contributed by atoms with E-state index in [2.05, 4.69) is 190 Å². The van der Waals surface area contributed by atoms with Gasteiger partial charge in [-0.1, -0.05) is 120 Å². The number of thiophene rings is 1. The van der Waals surface area contributed by atoms with Crippen LogP contribution in [0, 0.1) is 6.92 Å². The summed E-state index contributed by atoms with van der Waals surface area (Å²) in [5.74, 6) is 0. The highest BCUT2D eigenvalue weighted by Gasteiger charge is 2.46. The molecule has 290 valence electrons. The van der Waals surface area contributed by atoms with Crippen LogP contribution in [0.5, 0.6) is 0 Å². The Hall–Kier alpha value is -6.56. The molecule has 3 aliphatic rings. The number of rotatable bonds is 1. The third-order valence-electron chi connectivity index (χ3n) is 14.6. The van der Waals surface area contributed by atoms with Gasteiger partial charge in [0.15, 0.2) is 0 Å². The van der Waals surface area contributed by atoms with E-state index in [-0.39, 0.29) is 17.7 Å². The Morgan fingerprint density at radius 2 is 1.36 bits per heavy atom. The lowest BCUT2D eigenvalue weighted by Crippen LogP contribution is -2.60. The molecule has 0 atom stereocenters. The van der Waals surface area contributed by atoms with Gasteiger partial charge in [-0.15, -0.1) is 11.3 Å². The summed E-state index contributed by atoms with van der Waals surface area (Å²) in [5, 5.41) is 7.50. The number of fused-ring (bicyclic) bond motifs is 17. The van der Waals surface area contributed by atoms with E-state index >= 15 is 0 Å². The normalized spacial score (nSPS) is 14.8. The predicted molar refractivity (Wildman–Crippen MR) is 261 cm³/mol. The molecule has 0 unspecified atom stereocenters. The topological polar surface area (TPSA) is 21.3 Å². The van der Waals surface area contributed by atoms with Crippen LogP contribution in [0.15, 0.2) is 144 Å². The Balaban J connectivity index is 1.18. The largest absolute Gasteiger partial charge is 0.456 e. The number of benzene rings is 8. The Morgan fingerprint density at radius 3 is 2.20 bits per heavy atom. The van der Waals surface area contributed by atoms with Gasteiger partial charge in [-0.05, 0) is 117 Å². The van der Waals surface area contributed by atoms with Crippen LogP contribution in [0.1, 0.15) is 56.9 Å². The minimum Gasteiger partial charge on any atom is -0.456 e. The minimum absolute atomic E-state index is 0.0414. The van der Waals surface area contributed by atoms with Crippen molar-refractivity contribution in [2.24, 2.45) is 0 Å². The Bertz CT molecular complexity index is 3800. The third-order valence-corrected chi connectivity index (χ3v) is 15.8. The first kappa shape index (κ1) is 34.2. The van der Waals surface area contributed by atoms with Gasteiger partial charge >= 0.3 is 6.85 Å². The predicted octanol–water partition coefficient (Wildman–Crippen LogP) is 14.2. The van der Waals surface area contributed by atoms with Gasteiger partial charge < -0.3 is 13.8 Å². The molecular formula is C56H41BN2OS. The van der Waals surface area contributed by atoms with E-state index in [0.717, 1.165) is 21.9 Å². The molecule has 61 heavy (non-hydrogen) atoms. The second-order valence-corrected chi connectivity index (χ2v) is 20.4. The summed E-state index contributed by atoms with van der Waals surface area (Å²) in [6.45, 7) is 14.0. The molecular weight excluding hydrogens is 760 g/mol. The minimum atomic E-state index is -0.136. The summed E-state index contributed by atoms with van der Waals surface area (Å²) < 4.78 is 11.9. The summed E-state index contributed by atoms with van der Waals surface area (Å²) in [4.78, 5) is 2.71. The van der Waals surface area contributed by atoms with Crippen molar-refractivity contribution in [3.05, 3.63) is 162 Å². The second-order valence-electron chi connectivity index (χ2n) is 19.3. The van der Waals surface area contributed by atoms with E-state index in [9.17, 15) is 0 Å². The average Bonchev–Trinajstić information content (AvgIpc) is 3.98. The Labute approximate surface area is 358 Å². The summed E-state index contributed by atoms with van der Waals surface area (Å²) in [5.41, 5.74) is 21.5. The SMILES string of the molecule is Cc1cc2c3c4c1c1cc5oc6ccccc6c5cc1n4-c1cc4sc5ccccc5c4cc1B3N(c1ccc(C(C)(C)C)cc1)c1cc3c(cc1-2)-c1ccccc1C3(C)C. The zero-order chi connectivity index (χ0) is 40.8. The summed E-state index contributed by atoms with van der Waals surface area (Å²) >= 11 is 1.90. The van der Waals surface area contributed by atoms with Crippen LogP contribution in [0.4, 0.5) is 11.4 Å². The number of hydrogen-bond acceptors (Lipinski definition) is 3.